The number of carboxylic acids is 1. The number of nitrogens with zero attached hydrogens (tertiary/aromatic N) is 1. The molecule has 1 N–H and O–H groups in total. The summed E-state index contributed by atoms with van der Waals surface area (Å²) < 4.78 is 19.7. The zero-order valence-corrected chi connectivity index (χ0v) is 16.1. The first-order valence-electron chi connectivity index (χ1n) is 8.14. The predicted molar refractivity (Wildman–Crippen MR) is 105 cm³/mol. The van der Waals surface area contributed by atoms with Crippen LogP contribution in [-0.2, 0) is 9.59 Å². The highest BCUT2D eigenvalue weighted by molar-refractivity contribution is 8.26. The second kappa shape index (κ2) is 7.66. The van der Waals surface area contributed by atoms with Gasteiger partial charge in [0.05, 0.1) is 10.5 Å². The normalized spacial score (nSPS) is 17.2. The highest BCUT2D eigenvalue weighted by Crippen LogP contribution is 2.36. The number of halogens is 1. The fourth-order valence-corrected chi connectivity index (χ4v) is 4.09. The Morgan fingerprint density at radius 2 is 2.00 bits per heavy atom. The van der Waals surface area contributed by atoms with Crippen LogP contribution in [0.5, 0.6) is 0 Å². The van der Waals surface area contributed by atoms with Crippen molar-refractivity contribution in [1.82, 2.24) is 4.90 Å². The van der Waals surface area contributed by atoms with Gasteiger partial charge in [-0.3, -0.25) is 9.69 Å². The Bertz CT molecular complexity index is 951. The van der Waals surface area contributed by atoms with Gasteiger partial charge in [0.15, 0.2) is 0 Å². The molecule has 1 aliphatic heterocycles. The molecule has 140 valence electrons. The van der Waals surface area contributed by atoms with E-state index in [0.717, 1.165) is 16.7 Å². The number of thioether (sulfide) groups is 1. The summed E-state index contributed by atoms with van der Waals surface area (Å²) in [5, 5.41) is 9.43. The maximum atomic E-state index is 13.9. The van der Waals surface area contributed by atoms with Crippen LogP contribution in [0.2, 0.25) is 0 Å². The molecule has 0 spiro atoms. The number of aliphatic carboxylic acids is 1. The van der Waals surface area contributed by atoms with Crippen LogP contribution in [0.1, 0.15) is 19.6 Å². The Morgan fingerprint density at radius 1 is 1.30 bits per heavy atom. The van der Waals surface area contributed by atoms with E-state index in [1.54, 1.807) is 44.2 Å². The van der Waals surface area contributed by atoms with Gasteiger partial charge in [-0.2, -0.15) is 0 Å². The van der Waals surface area contributed by atoms with Crippen molar-refractivity contribution in [3.8, 4) is 11.3 Å². The van der Waals surface area contributed by atoms with Gasteiger partial charge >= 0.3 is 5.97 Å². The van der Waals surface area contributed by atoms with Gasteiger partial charge < -0.3 is 9.52 Å². The largest absolute Gasteiger partial charge is 0.480 e. The fourth-order valence-electron chi connectivity index (χ4n) is 2.78. The van der Waals surface area contributed by atoms with Crippen LogP contribution in [0.3, 0.4) is 0 Å². The van der Waals surface area contributed by atoms with Crippen LogP contribution in [0.25, 0.3) is 17.4 Å². The van der Waals surface area contributed by atoms with Crippen molar-refractivity contribution in [3.05, 3.63) is 52.9 Å². The standard InChI is InChI=1S/C19H16FNO4S2/c1-10(2)16(18(23)24)21-17(22)15(27-19(21)26)9-11-7-8-14(25-11)12-5-3-4-6-13(12)20/h3-10,16H,1-2H3,(H,23,24)/b15-9+/t16-/m1/s1. The van der Waals surface area contributed by atoms with Crippen molar-refractivity contribution >= 4 is 46.3 Å². The lowest BCUT2D eigenvalue weighted by molar-refractivity contribution is -0.146. The lowest BCUT2D eigenvalue weighted by Gasteiger charge is -2.26. The topological polar surface area (TPSA) is 70.8 Å². The van der Waals surface area contributed by atoms with E-state index in [9.17, 15) is 19.1 Å². The molecule has 0 radical (unpaired) electrons. The molecule has 1 aromatic heterocycles. The molecule has 2 heterocycles. The average molecular weight is 405 g/mol. The first-order chi connectivity index (χ1) is 12.8. The molecule has 2 aromatic rings. The highest BCUT2D eigenvalue weighted by atomic mass is 32.2. The van der Waals surface area contributed by atoms with Gasteiger partial charge in [-0.05, 0) is 30.2 Å². The molecule has 0 unspecified atom stereocenters. The number of rotatable bonds is 5. The number of carbonyl (C=O) groups is 2. The van der Waals surface area contributed by atoms with E-state index in [-0.39, 0.29) is 15.1 Å². The third-order valence-corrected chi connectivity index (χ3v) is 5.36. The molecule has 1 fully saturated rings. The summed E-state index contributed by atoms with van der Waals surface area (Å²) in [5.41, 5.74) is 0.315. The molecule has 0 bridgehead atoms. The number of carboxylic acid groups (broad SMARTS) is 1. The van der Waals surface area contributed by atoms with Gasteiger partial charge in [-0.25, -0.2) is 9.18 Å². The molecule has 1 atom stereocenters. The van der Waals surface area contributed by atoms with Crippen LogP contribution in [0.15, 0.2) is 45.7 Å². The lowest BCUT2D eigenvalue weighted by Crippen LogP contribution is -2.47. The van der Waals surface area contributed by atoms with Gasteiger partial charge in [-0.15, -0.1) is 0 Å². The predicted octanol–water partition coefficient (Wildman–Crippen LogP) is 4.40. The Hall–Kier alpha value is -2.45. The zero-order chi connectivity index (χ0) is 19.7. The van der Waals surface area contributed by atoms with Crippen LogP contribution < -0.4 is 0 Å². The van der Waals surface area contributed by atoms with Crippen molar-refractivity contribution in [3.63, 3.8) is 0 Å². The second-order valence-electron chi connectivity index (χ2n) is 6.26. The van der Waals surface area contributed by atoms with Gasteiger partial charge in [0.1, 0.15) is 27.7 Å². The van der Waals surface area contributed by atoms with E-state index in [1.807, 2.05) is 0 Å². The van der Waals surface area contributed by atoms with Crippen molar-refractivity contribution in [2.24, 2.45) is 5.92 Å². The molecule has 1 aromatic carbocycles. The summed E-state index contributed by atoms with van der Waals surface area (Å²) in [6.45, 7) is 3.43. The van der Waals surface area contributed by atoms with E-state index in [0.29, 0.717) is 17.1 Å². The molecule has 1 amide bonds. The smallest absolute Gasteiger partial charge is 0.327 e. The summed E-state index contributed by atoms with van der Waals surface area (Å²) in [4.78, 5) is 25.6. The Kier molecular flexibility index (Phi) is 5.48. The van der Waals surface area contributed by atoms with Crippen LogP contribution in [0, 0.1) is 11.7 Å². The summed E-state index contributed by atoms with van der Waals surface area (Å²) in [5.74, 6) is -1.62. The number of amides is 1. The third kappa shape index (κ3) is 3.81. The van der Waals surface area contributed by atoms with Gasteiger partial charge in [0.25, 0.3) is 5.91 Å². The van der Waals surface area contributed by atoms with Gasteiger partial charge in [0, 0.05) is 6.08 Å². The Labute approximate surface area is 164 Å². The van der Waals surface area contributed by atoms with Crippen LogP contribution in [0.4, 0.5) is 4.39 Å². The molecule has 8 heteroatoms. The molecule has 3 rings (SSSR count). The number of thiocarbonyl (C=S) groups is 1. The monoisotopic (exact) mass is 405 g/mol. The summed E-state index contributed by atoms with van der Waals surface area (Å²) in [6, 6.07) is 8.41. The first-order valence-corrected chi connectivity index (χ1v) is 9.36. The van der Waals surface area contributed by atoms with Crippen LogP contribution in [-0.4, -0.2) is 32.2 Å². The zero-order valence-electron chi connectivity index (χ0n) is 14.5. The van der Waals surface area contributed by atoms with Crippen molar-refractivity contribution in [2.45, 2.75) is 19.9 Å². The summed E-state index contributed by atoms with van der Waals surface area (Å²) in [6.07, 6.45) is 1.49. The second-order valence-corrected chi connectivity index (χ2v) is 7.94. The van der Waals surface area contributed by atoms with Crippen molar-refractivity contribution < 1.29 is 23.5 Å². The van der Waals surface area contributed by atoms with E-state index in [1.165, 1.54) is 12.1 Å². The minimum atomic E-state index is -1.11. The quantitative estimate of drug-likeness (QED) is 0.587. The molecular formula is C19H16FNO4S2. The van der Waals surface area contributed by atoms with Crippen LogP contribution >= 0.6 is 24.0 Å². The number of hydrogen-bond donors (Lipinski definition) is 1. The average Bonchev–Trinajstić information content (AvgIpc) is 3.15. The van der Waals surface area contributed by atoms with E-state index < -0.39 is 23.7 Å². The third-order valence-electron chi connectivity index (χ3n) is 4.03. The van der Waals surface area contributed by atoms with Crippen molar-refractivity contribution in [1.29, 1.82) is 0 Å². The number of hydrogen-bond acceptors (Lipinski definition) is 5. The van der Waals surface area contributed by atoms with E-state index in [4.69, 9.17) is 16.6 Å². The molecule has 1 saturated heterocycles. The first kappa shape index (κ1) is 19.3. The molecule has 5 nitrogen and oxygen atoms in total. The molecule has 27 heavy (non-hydrogen) atoms. The number of furan rings is 1. The number of benzene rings is 1. The fraction of sp³-hybridized carbons (Fsp3) is 0.211. The van der Waals surface area contributed by atoms with E-state index >= 15 is 0 Å². The van der Waals surface area contributed by atoms with Gasteiger partial charge in [0.2, 0.25) is 0 Å². The maximum absolute atomic E-state index is 13.9. The van der Waals surface area contributed by atoms with Gasteiger partial charge in [-0.1, -0.05) is 50.0 Å². The molecular weight excluding hydrogens is 389 g/mol. The van der Waals surface area contributed by atoms with Crippen molar-refractivity contribution in [2.75, 3.05) is 0 Å². The minimum Gasteiger partial charge on any atom is -0.480 e. The van der Waals surface area contributed by atoms with E-state index in [2.05, 4.69) is 0 Å². The molecule has 0 saturated carbocycles. The Balaban J connectivity index is 1.89. The number of carbonyl (C=O) groups excluding carboxylic acids is 1. The SMILES string of the molecule is CC(C)[C@H](C(=O)O)N1C(=O)/C(=C\c2ccc(-c3ccccc3F)o2)SC1=S. The molecule has 0 aliphatic carbocycles. The molecule has 1 aliphatic rings. The summed E-state index contributed by atoms with van der Waals surface area (Å²) in [7, 11) is 0. The lowest BCUT2D eigenvalue weighted by atomic mass is 10.0. The maximum Gasteiger partial charge on any atom is 0.327 e. The summed E-state index contributed by atoms with van der Waals surface area (Å²) >= 11 is 6.23. The highest BCUT2D eigenvalue weighted by Gasteiger charge is 2.42. The minimum absolute atomic E-state index is 0.188. The Morgan fingerprint density at radius 3 is 2.63 bits per heavy atom.